The molecule has 0 saturated carbocycles. The van der Waals surface area contributed by atoms with Gasteiger partial charge in [0.25, 0.3) is 0 Å². The van der Waals surface area contributed by atoms with Gasteiger partial charge in [0.1, 0.15) is 23.9 Å². The molecule has 0 spiro atoms. The van der Waals surface area contributed by atoms with E-state index in [1.54, 1.807) is 7.11 Å². The highest BCUT2D eigenvalue weighted by atomic mass is 35.5. The topological polar surface area (TPSA) is 47.6 Å². The first-order chi connectivity index (χ1) is 11.5. The first-order valence-corrected chi connectivity index (χ1v) is 7.96. The fourth-order valence-corrected chi connectivity index (χ4v) is 2.92. The molecule has 1 unspecified atom stereocenters. The number of carbonyl (C=O) groups excluding carboxylic acids is 1. The lowest BCUT2D eigenvalue weighted by Crippen LogP contribution is -2.43. The van der Waals surface area contributed by atoms with Crippen molar-refractivity contribution in [3.63, 3.8) is 0 Å². The fraction of sp³-hybridized carbons (Fsp3) is 0.278. The molecule has 0 bridgehead atoms. The third kappa shape index (κ3) is 3.79. The number of ether oxygens (including phenoxy) is 2. The van der Waals surface area contributed by atoms with Crippen LogP contribution in [0.1, 0.15) is 11.1 Å². The minimum atomic E-state index is -0.420. The number of methoxy groups -OCH3 is 1. The molecule has 3 rings (SSSR count). The van der Waals surface area contributed by atoms with E-state index in [-0.39, 0.29) is 23.4 Å². The normalized spacial score (nSPS) is 16.0. The zero-order valence-electron chi connectivity index (χ0n) is 13.1. The number of rotatable bonds is 4. The van der Waals surface area contributed by atoms with Crippen LogP contribution in [0.4, 0.5) is 4.39 Å². The van der Waals surface area contributed by atoms with E-state index in [1.165, 1.54) is 18.2 Å². The van der Waals surface area contributed by atoms with Crippen molar-refractivity contribution in [1.82, 2.24) is 5.32 Å². The molecule has 0 saturated heterocycles. The smallest absolute Gasteiger partial charge is 0.224 e. The first kappa shape index (κ1) is 16.6. The predicted molar refractivity (Wildman–Crippen MR) is 89.2 cm³/mol. The molecule has 0 radical (unpaired) electrons. The monoisotopic (exact) mass is 349 g/mol. The van der Waals surface area contributed by atoms with Gasteiger partial charge in [0.15, 0.2) is 0 Å². The zero-order chi connectivity index (χ0) is 17.1. The van der Waals surface area contributed by atoms with Crippen LogP contribution in [0.2, 0.25) is 5.02 Å². The third-order valence-corrected chi connectivity index (χ3v) is 4.26. The van der Waals surface area contributed by atoms with E-state index in [4.69, 9.17) is 21.1 Å². The summed E-state index contributed by atoms with van der Waals surface area (Å²) >= 11 is 5.96. The van der Waals surface area contributed by atoms with E-state index in [0.29, 0.717) is 18.6 Å². The van der Waals surface area contributed by atoms with Crippen LogP contribution in [0, 0.1) is 5.82 Å². The number of hydrogen-bond acceptors (Lipinski definition) is 3. The molecule has 24 heavy (non-hydrogen) atoms. The standard InChI is InChI=1S/C18H17ClFNO3/c1-23-15-5-3-12-6-14(10-24-17(12)9-15)21-18(22)7-11-2-4-13(20)8-16(11)19/h2-5,8-9,14H,6-7,10H2,1H3,(H,21,22). The van der Waals surface area contributed by atoms with Crippen molar-refractivity contribution < 1.29 is 18.7 Å². The van der Waals surface area contributed by atoms with Crippen LogP contribution >= 0.6 is 11.6 Å². The Morgan fingerprint density at radius 3 is 2.96 bits per heavy atom. The van der Waals surface area contributed by atoms with E-state index >= 15 is 0 Å². The lowest BCUT2D eigenvalue weighted by Gasteiger charge is -2.26. The van der Waals surface area contributed by atoms with Crippen molar-refractivity contribution in [2.75, 3.05) is 13.7 Å². The molecule has 0 aromatic heterocycles. The lowest BCUT2D eigenvalue weighted by atomic mass is 10.0. The second-order valence-corrected chi connectivity index (χ2v) is 6.07. The molecule has 1 atom stereocenters. The maximum atomic E-state index is 13.0. The molecule has 1 N–H and O–H groups in total. The summed E-state index contributed by atoms with van der Waals surface area (Å²) in [7, 11) is 1.61. The largest absolute Gasteiger partial charge is 0.497 e. The van der Waals surface area contributed by atoms with Gasteiger partial charge in [-0.25, -0.2) is 4.39 Å². The van der Waals surface area contributed by atoms with E-state index < -0.39 is 5.82 Å². The summed E-state index contributed by atoms with van der Waals surface area (Å²) < 4.78 is 23.9. The molecular formula is C18H17ClFNO3. The lowest BCUT2D eigenvalue weighted by molar-refractivity contribution is -0.121. The minimum Gasteiger partial charge on any atom is -0.497 e. The van der Waals surface area contributed by atoms with Crippen LogP contribution in [0.3, 0.4) is 0 Å². The highest BCUT2D eigenvalue weighted by Gasteiger charge is 2.22. The molecule has 1 amide bonds. The molecular weight excluding hydrogens is 333 g/mol. The van der Waals surface area contributed by atoms with Gasteiger partial charge >= 0.3 is 0 Å². The number of halogens is 2. The molecule has 2 aromatic rings. The number of carbonyl (C=O) groups is 1. The molecule has 0 aliphatic carbocycles. The van der Waals surface area contributed by atoms with Crippen molar-refractivity contribution in [2.45, 2.75) is 18.9 Å². The van der Waals surface area contributed by atoms with E-state index in [0.717, 1.165) is 17.1 Å². The fourth-order valence-electron chi connectivity index (χ4n) is 2.69. The second-order valence-electron chi connectivity index (χ2n) is 5.67. The summed E-state index contributed by atoms with van der Waals surface area (Å²) in [4.78, 5) is 12.2. The van der Waals surface area contributed by atoms with Gasteiger partial charge in [-0.1, -0.05) is 23.7 Å². The maximum absolute atomic E-state index is 13.0. The summed E-state index contributed by atoms with van der Waals surface area (Å²) in [5.74, 6) is 0.926. The number of nitrogens with one attached hydrogen (secondary N) is 1. The van der Waals surface area contributed by atoms with Crippen molar-refractivity contribution >= 4 is 17.5 Å². The van der Waals surface area contributed by atoms with Crippen LogP contribution in [0.5, 0.6) is 11.5 Å². The zero-order valence-corrected chi connectivity index (χ0v) is 13.9. The molecule has 4 nitrogen and oxygen atoms in total. The Balaban J connectivity index is 1.61. The minimum absolute atomic E-state index is 0.102. The van der Waals surface area contributed by atoms with Gasteiger partial charge in [0.2, 0.25) is 5.91 Å². The van der Waals surface area contributed by atoms with Gasteiger partial charge in [-0.3, -0.25) is 4.79 Å². The van der Waals surface area contributed by atoms with Gasteiger partial charge in [-0.15, -0.1) is 0 Å². The average Bonchev–Trinajstić information content (AvgIpc) is 2.57. The second kappa shape index (κ2) is 7.09. The number of amides is 1. The van der Waals surface area contributed by atoms with Crippen LogP contribution < -0.4 is 14.8 Å². The van der Waals surface area contributed by atoms with Crippen molar-refractivity contribution in [3.05, 3.63) is 58.4 Å². The average molecular weight is 350 g/mol. The van der Waals surface area contributed by atoms with Crippen LogP contribution in [0.15, 0.2) is 36.4 Å². The molecule has 0 fully saturated rings. The Bertz CT molecular complexity index is 766. The van der Waals surface area contributed by atoms with Crippen LogP contribution in [0.25, 0.3) is 0 Å². The Kier molecular flexibility index (Phi) is 4.90. The van der Waals surface area contributed by atoms with Gasteiger partial charge < -0.3 is 14.8 Å². The van der Waals surface area contributed by atoms with Gasteiger partial charge in [-0.2, -0.15) is 0 Å². The molecule has 1 aliphatic heterocycles. The SMILES string of the molecule is COc1ccc2c(c1)OCC(NC(=O)Cc1ccc(F)cc1Cl)C2. The van der Waals surface area contributed by atoms with Crippen molar-refractivity contribution in [2.24, 2.45) is 0 Å². The summed E-state index contributed by atoms with van der Waals surface area (Å²) in [6.45, 7) is 0.392. The molecule has 126 valence electrons. The van der Waals surface area contributed by atoms with Crippen molar-refractivity contribution in [3.8, 4) is 11.5 Å². The van der Waals surface area contributed by atoms with Crippen molar-refractivity contribution in [1.29, 1.82) is 0 Å². The van der Waals surface area contributed by atoms with Crippen LogP contribution in [-0.2, 0) is 17.6 Å². The summed E-state index contributed by atoms with van der Waals surface area (Å²) in [5, 5.41) is 3.18. The summed E-state index contributed by atoms with van der Waals surface area (Å²) in [5.41, 5.74) is 1.62. The van der Waals surface area contributed by atoms with E-state index in [9.17, 15) is 9.18 Å². The third-order valence-electron chi connectivity index (χ3n) is 3.91. The van der Waals surface area contributed by atoms with Gasteiger partial charge in [0, 0.05) is 11.1 Å². The number of hydrogen-bond donors (Lipinski definition) is 1. The molecule has 2 aromatic carbocycles. The highest BCUT2D eigenvalue weighted by Crippen LogP contribution is 2.29. The Morgan fingerprint density at radius 1 is 1.38 bits per heavy atom. The summed E-state index contributed by atoms with van der Waals surface area (Å²) in [6.07, 6.45) is 0.785. The summed E-state index contributed by atoms with van der Waals surface area (Å²) in [6, 6.07) is 9.55. The van der Waals surface area contributed by atoms with E-state index in [2.05, 4.69) is 5.32 Å². The Labute approximate surface area is 144 Å². The Morgan fingerprint density at radius 2 is 2.21 bits per heavy atom. The molecule has 1 aliphatic rings. The number of fused-ring (bicyclic) bond motifs is 1. The first-order valence-electron chi connectivity index (χ1n) is 7.58. The van der Waals surface area contributed by atoms with Gasteiger partial charge in [-0.05, 0) is 35.7 Å². The van der Waals surface area contributed by atoms with Crippen LogP contribution in [-0.4, -0.2) is 25.7 Å². The Hall–Kier alpha value is -2.27. The maximum Gasteiger partial charge on any atom is 0.224 e. The van der Waals surface area contributed by atoms with E-state index in [1.807, 2.05) is 18.2 Å². The highest BCUT2D eigenvalue weighted by molar-refractivity contribution is 6.31. The van der Waals surface area contributed by atoms with Gasteiger partial charge in [0.05, 0.1) is 19.6 Å². The quantitative estimate of drug-likeness (QED) is 0.922. The molecule has 6 heteroatoms. The predicted octanol–water partition coefficient (Wildman–Crippen LogP) is 3.15. The number of benzene rings is 2. The molecule has 1 heterocycles.